The number of hydrogen-bond donors (Lipinski definition) is 2. The average molecular weight is 212 g/mol. The van der Waals surface area contributed by atoms with Crippen molar-refractivity contribution in [2.45, 2.75) is 38.4 Å². The molecule has 0 aromatic rings. The van der Waals surface area contributed by atoms with Gasteiger partial charge < -0.3 is 20.3 Å². The van der Waals surface area contributed by atoms with E-state index in [9.17, 15) is 0 Å². The zero-order valence-electron chi connectivity index (χ0n) is 9.08. The molecule has 1 aliphatic heterocycles. The largest absolute Gasteiger partial charge is 0.353 e. The van der Waals surface area contributed by atoms with Gasteiger partial charge in [-0.05, 0) is 32.1 Å². The molecule has 1 rings (SSSR count). The molecule has 1 fully saturated rings. The molecule has 1 saturated heterocycles. The molecule has 0 aromatic carbocycles. The van der Waals surface area contributed by atoms with Gasteiger partial charge in [-0.2, -0.15) is 0 Å². The maximum absolute atomic E-state index is 7.05. The predicted octanol–water partition coefficient (Wildman–Crippen LogP) is 2.23. The van der Waals surface area contributed by atoms with E-state index < -0.39 is 0 Å². The second-order valence-electron chi connectivity index (χ2n) is 3.81. The summed E-state index contributed by atoms with van der Waals surface area (Å²) in [6.45, 7) is 1.48. The smallest absolute Gasteiger partial charge is 0.157 e. The van der Waals surface area contributed by atoms with E-state index in [0.717, 1.165) is 32.3 Å². The van der Waals surface area contributed by atoms with Crippen molar-refractivity contribution in [2.24, 2.45) is 5.92 Å². The molecule has 0 saturated carbocycles. The van der Waals surface area contributed by atoms with E-state index in [1.54, 1.807) is 0 Å². The summed E-state index contributed by atoms with van der Waals surface area (Å²) in [7, 11) is 0. The zero-order chi connectivity index (χ0) is 10.9. The van der Waals surface area contributed by atoms with Crippen LogP contribution in [-0.4, -0.2) is 31.9 Å². The van der Waals surface area contributed by atoms with Gasteiger partial charge in [-0.1, -0.05) is 0 Å². The van der Waals surface area contributed by atoms with Crippen LogP contribution in [0, 0.1) is 16.7 Å². The van der Waals surface area contributed by atoms with Crippen molar-refractivity contribution in [3.8, 4) is 0 Å². The Hall–Kier alpha value is -0.740. The Morgan fingerprint density at radius 3 is 2.73 bits per heavy atom. The molecule has 0 aromatic heterocycles. The van der Waals surface area contributed by atoms with Crippen LogP contribution in [0.4, 0.5) is 0 Å². The van der Waals surface area contributed by atoms with Crippen molar-refractivity contribution in [3.63, 3.8) is 0 Å². The van der Waals surface area contributed by atoms with Crippen LogP contribution < -0.4 is 0 Å². The van der Waals surface area contributed by atoms with Gasteiger partial charge in [0, 0.05) is 31.6 Å². The van der Waals surface area contributed by atoms with Crippen LogP contribution in [0.25, 0.3) is 0 Å². The standard InChI is InChI=1S/C11H20N2O2/c12-8-10(9-13)4-3-7-15-11-5-1-2-6-14-11/h8-13H,1-7H2. The summed E-state index contributed by atoms with van der Waals surface area (Å²) in [4.78, 5) is 0. The molecule has 1 unspecified atom stereocenters. The summed E-state index contributed by atoms with van der Waals surface area (Å²) in [5.74, 6) is -0.0270. The lowest BCUT2D eigenvalue weighted by molar-refractivity contribution is -0.162. The van der Waals surface area contributed by atoms with Crippen molar-refractivity contribution < 1.29 is 9.47 Å². The van der Waals surface area contributed by atoms with Gasteiger partial charge in [-0.3, -0.25) is 0 Å². The molecule has 1 aliphatic rings. The third-order valence-corrected chi connectivity index (χ3v) is 2.55. The highest BCUT2D eigenvalue weighted by molar-refractivity contribution is 5.79. The van der Waals surface area contributed by atoms with Crippen molar-refractivity contribution >= 4 is 12.4 Å². The molecule has 0 radical (unpaired) electrons. The third kappa shape index (κ3) is 5.04. The number of hydrogen-bond acceptors (Lipinski definition) is 4. The van der Waals surface area contributed by atoms with Crippen molar-refractivity contribution in [1.29, 1.82) is 10.8 Å². The van der Waals surface area contributed by atoms with Gasteiger partial charge in [0.25, 0.3) is 0 Å². The monoisotopic (exact) mass is 212 g/mol. The molecule has 15 heavy (non-hydrogen) atoms. The minimum absolute atomic E-state index is 0.0165. The summed E-state index contributed by atoms with van der Waals surface area (Å²) < 4.78 is 11.0. The first-order chi connectivity index (χ1) is 7.36. The van der Waals surface area contributed by atoms with E-state index in [1.807, 2.05) is 0 Å². The summed E-state index contributed by atoms with van der Waals surface area (Å²) in [5, 5.41) is 14.1. The molecular formula is C11H20N2O2. The Morgan fingerprint density at radius 1 is 1.33 bits per heavy atom. The van der Waals surface area contributed by atoms with Crippen molar-refractivity contribution in [3.05, 3.63) is 0 Å². The predicted molar refractivity (Wildman–Crippen MR) is 59.8 cm³/mol. The van der Waals surface area contributed by atoms with Crippen LogP contribution in [0.15, 0.2) is 0 Å². The fourth-order valence-electron chi connectivity index (χ4n) is 1.59. The Labute approximate surface area is 91.0 Å². The van der Waals surface area contributed by atoms with Crippen LogP contribution in [0.3, 0.4) is 0 Å². The fraction of sp³-hybridized carbons (Fsp3) is 0.818. The molecule has 4 nitrogen and oxygen atoms in total. The Kier molecular flexibility index (Phi) is 6.20. The molecule has 1 heterocycles. The molecule has 4 heteroatoms. The summed E-state index contributed by atoms with van der Waals surface area (Å²) in [6.07, 6.45) is 7.64. The van der Waals surface area contributed by atoms with Crippen LogP contribution >= 0.6 is 0 Å². The first-order valence-electron chi connectivity index (χ1n) is 5.61. The fourth-order valence-corrected chi connectivity index (χ4v) is 1.59. The molecule has 0 spiro atoms. The second kappa shape index (κ2) is 7.54. The number of nitrogens with one attached hydrogen (secondary N) is 2. The van der Waals surface area contributed by atoms with Gasteiger partial charge in [0.15, 0.2) is 6.29 Å². The Morgan fingerprint density at radius 2 is 2.13 bits per heavy atom. The van der Waals surface area contributed by atoms with E-state index in [4.69, 9.17) is 20.3 Å². The Bertz CT molecular complexity index is 183. The van der Waals surface area contributed by atoms with Gasteiger partial charge >= 0.3 is 0 Å². The molecular weight excluding hydrogens is 192 g/mol. The first-order valence-corrected chi connectivity index (χ1v) is 5.61. The first kappa shape index (κ1) is 12.3. The van der Waals surface area contributed by atoms with Gasteiger partial charge in [-0.25, -0.2) is 0 Å². The van der Waals surface area contributed by atoms with E-state index in [-0.39, 0.29) is 12.2 Å². The molecule has 0 bridgehead atoms. The molecule has 2 N–H and O–H groups in total. The van der Waals surface area contributed by atoms with Gasteiger partial charge in [0.05, 0.1) is 0 Å². The maximum Gasteiger partial charge on any atom is 0.157 e. The van der Waals surface area contributed by atoms with Crippen LogP contribution in [-0.2, 0) is 9.47 Å². The van der Waals surface area contributed by atoms with E-state index in [2.05, 4.69) is 0 Å². The summed E-state index contributed by atoms with van der Waals surface area (Å²) in [6, 6.07) is 0. The van der Waals surface area contributed by atoms with E-state index in [1.165, 1.54) is 18.9 Å². The van der Waals surface area contributed by atoms with Crippen molar-refractivity contribution in [1.82, 2.24) is 0 Å². The van der Waals surface area contributed by atoms with Gasteiger partial charge in [-0.15, -0.1) is 0 Å². The highest BCUT2D eigenvalue weighted by Crippen LogP contribution is 2.14. The molecule has 0 aliphatic carbocycles. The summed E-state index contributed by atoms with van der Waals surface area (Å²) >= 11 is 0. The minimum atomic E-state index is -0.0270. The lowest BCUT2D eigenvalue weighted by Crippen LogP contribution is -2.22. The Balaban J connectivity index is 2.00. The minimum Gasteiger partial charge on any atom is -0.353 e. The molecule has 1 atom stereocenters. The summed E-state index contributed by atoms with van der Waals surface area (Å²) in [5.41, 5.74) is 0. The topological polar surface area (TPSA) is 66.2 Å². The number of ether oxygens (including phenoxy) is 2. The van der Waals surface area contributed by atoms with Crippen LogP contribution in [0.1, 0.15) is 32.1 Å². The van der Waals surface area contributed by atoms with Crippen LogP contribution in [0.5, 0.6) is 0 Å². The highest BCUT2D eigenvalue weighted by Gasteiger charge is 2.13. The van der Waals surface area contributed by atoms with Gasteiger partial charge in [0.1, 0.15) is 0 Å². The highest BCUT2D eigenvalue weighted by atomic mass is 16.7. The maximum atomic E-state index is 7.05. The molecule has 86 valence electrons. The lowest BCUT2D eigenvalue weighted by Gasteiger charge is -2.22. The average Bonchev–Trinajstić information content (AvgIpc) is 2.31. The van der Waals surface area contributed by atoms with Crippen molar-refractivity contribution in [2.75, 3.05) is 13.2 Å². The molecule has 0 amide bonds. The van der Waals surface area contributed by atoms with Crippen LogP contribution in [0.2, 0.25) is 0 Å². The zero-order valence-corrected chi connectivity index (χ0v) is 9.08. The SMILES string of the molecule is N=CC(C=N)CCCOC1CCCCO1. The third-order valence-electron chi connectivity index (χ3n) is 2.55. The normalized spacial score (nSPS) is 23.3. The lowest BCUT2D eigenvalue weighted by atomic mass is 10.1. The van der Waals surface area contributed by atoms with E-state index in [0.29, 0.717) is 6.61 Å². The second-order valence-corrected chi connectivity index (χ2v) is 3.81. The number of rotatable bonds is 7. The van der Waals surface area contributed by atoms with E-state index >= 15 is 0 Å². The quantitative estimate of drug-likeness (QED) is 0.502. The van der Waals surface area contributed by atoms with Gasteiger partial charge in [0.2, 0.25) is 0 Å².